The van der Waals surface area contributed by atoms with Gasteiger partial charge in [-0.3, -0.25) is 14.5 Å². The average molecular weight is 492 g/mol. The molecule has 6 nitrogen and oxygen atoms in total. The molecule has 1 amide bonds. The molecule has 1 aliphatic rings. The fourth-order valence-electron chi connectivity index (χ4n) is 4.33. The summed E-state index contributed by atoms with van der Waals surface area (Å²) < 4.78 is 10.8. The van der Waals surface area contributed by atoms with Gasteiger partial charge in [0.2, 0.25) is 0 Å². The summed E-state index contributed by atoms with van der Waals surface area (Å²) in [5.41, 5.74) is 3.46. The lowest BCUT2D eigenvalue weighted by Gasteiger charge is -2.27. The molecule has 7 heteroatoms. The van der Waals surface area contributed by atoms with Gasteiger partial charge in [-0.25, -0.2) is 0 Å². The third-order valence-corrected chi connectivity index (χ3v) is 6.30. The highest BCUT2D eigenvalue weighted by Crippen LogP contribution is 2.44. The SMILES string of the molecule is CCOc1cc(/C(O)=C2\C(=O)C(=O)N(c3ccc(C)cc3C)C2c2ccc(OC)cc2)ccc1Cl. The minimum Gasteiger partial charge on any atom is -0.507 e. The zero-order valence-electron chi connectivity index (χ0n) is 20.0. The number of aliphatic hydroxyl groups is 1. The first-order chi connectivity index (χ1) is 16.8. The highest BCUT2D eigenvalue weighted by Gasteiger charge is 2.47. The zero-order valence-corrected chi connectivity index (χ0v) is 20.7. The largest absolute Gasteiger partial charge is 0.507 e. The van der Waals surface area contributed by atoms with Crippen LogP contribution >= 0.6 is 11.6 Å². The molecule has 0 saturated carbocycles. The van der Waals surface area contributed by atoms with Crippen molar-refractivity contribution in [1.29, 1.82) is 0 Å². The summed E-state index contributed by atoms with van der Waals surface area (Å²) in [6.07, 6.45) is 0. The Hall–Kier alpha value is -3.77. The van der Waals surface area contributed by atoms with E-state index in [2.05, 4.69) is 0 Å². The molecule has 1 heterocycles. The number of ketones is 1. The molecule has 180 valence electrons. The van der Waals surface area contributed by atoms with Gasteiger partial charge in [-0.05, 0) is 68.3 Å². The Labute approximate surface area is 209 Å². The number of ether oxygens (including phenoxy) is 2. The fourth-order valence-corrected chi connectivity index (χ4v) is 4.50. The average Bonchev–Trinajstić information content (AvgIpc) is 3.10. The number of carbonyl (C=O) groups excluding carboxylic acids is 2. The number of hydrogen-bond donors (Lipinski definition) is 1. The first-order valence-corrected chi connectivity index (χ1v) is 11.6. The smallest absolute Gasteiger partial charge is 0.300 e. The van der Waals surface area contributed by atoms with E-state index in [1.807, 2.05) is 39.0 Å². The maximum atomic E-state index is 13.4. The van der Waals surface area contributed by atoms with Gasteiger partial charge in [0.05, 0.1) is 30.4 Å². The first-order valence-electron chi connectivity index (χ1n) is 11.2. The van der Waals surface area contributed by atoms with Crippen LogP contribution in [-0.2, 0) is 9.59 Å². The van der Waals surface area contributed by atoms with Gasteiger partial charge in [-0.1, -0.05) is 41.4 Å². The van der Waals surface area contributed by atoms with Gasteiger partial charge < -0.3 is 14.6 Å². The van der Waals surface area contributed by atoms with Gasteiger partial charge in [0, 0.05) is 11.3 Å². The van der Waals surface area contributed by atoms with Crippen molar-refractivity contribution < 1.29 is 24.2 Å². The highest BCUT2D eigenvalue weighted by atomic mass is 35.5. The predicted molar refractivity (Wildman–Crippen MR) is 136 cm³/mol. The summed E-state index contributed by atoms with van der Waals surface area (Å²) in [5, 5.41) is 11.7. The molecule has 1 atom stereocenters. The fraction of sp³-hybridized carbons (Fsp3) is 0.214. The lowest BCUT2D eigenvalue weighted by atomic mass is 9.94. The molecule has 0 spiro atoms. The van der Waals surface area contributed by atoms with Crippen molar-refractivity contribution in [2.75, 3.05) is 18.6 Å². The van der Waals surface area contributed by atoms with Crippen molar-refractivity contribution >= 4 is 34.7 Å². The van der Waals surface area contributed by atoms with E-state index in [0.29, 0.717) is 39.9 Å². The van der Waals surface area contributed by atoms with Crippen LogP contribution in [0.3, 0.4) is 0 Å². The summed E-state index contributed by atoms with van der Waals surface area (Å²) in [4.78, 5) is 28.2. The van der Waals surface area contributed by atoms with E-state index in [9.17, 15) is 14.7 Å². The molecule has 0 radical (unpaired) electrons. The Bertz CT molecular complexity index is 1330. The van der Waals surface area contributed by atoms with Gasteiger partial charge >= 0.3 is 0 Å². The van der Waals surface area contributed by atoms with Crippen LogP contribution in [0.2, 0.25) is 5.02 Å². The summed E-state index contributed by atoms with van der Waals surface area (Å²) in [6, 6.07) is 16.7. The number of halogens is 1. The Morgan fingerprint density at radius 1 is 1.03 bits per heavy atom. The molecule has 35 heavy (non-hydrogen) atoms. The molecular weight excluding hydrogens is 466 g/mol. The van der Waals surface area contributed by atoms with E-state index in [0.717, 1.165) is 11.1 Å². The predicted octanol–water partition coefficient (Wildman–Crippen LogP) is 5.99. The number of methoxy groups -OCH3 is 1. The molecule has 1 saturated heterocycles. The molecule has 0 aliphatic carbocycles. The Morgan fingerprint density at radius 2 is 1.74 bits per heavy atom. The maximum Gasteiger partial charge on any atom is 0.300 e. The topological polar surface area (TPSA) is 76.1 Å². The number of aliphatic hydroxyl groups excluding tert-OH is 1. The van der Waals surface area contributed by atoms with Gasteiger partial charge in [0.1, 0.15) is 17.3 Å². The van der Waals surface area contributed by atoms with Gasteiger partial charge in [-0.2, -0.15) is 0 Å². The minimum atomic E-state index is -0.839. The minimum absolute atomic E-state index is 0.00934. The normalized spacial score (nSPS) is 17.1. The Morgan fingerprint density at radius 3 is 2.37 bits per heavy atom. The van der Waals surface area contributed by atoms with Crippen LogP contribution in [0.5, 0.6) is 11.5 Å². The molecule has 3 aromatic carbocycles. The second-order valence-electron chi connectivity index (χ2n) is 8.31. The van der Waals surface area contributed by atoms with Crippen molar-refractivity contribution in [3.63, 3.8) is 0 Å². The van der Waals surface area contributed by atoms with Crippen LogP contribution < -0.4 is 14.4 Å². The van der Waals surface area contributed by atoms with Crippen molar-refractivity contribution in [1.82, 2.24) is 0 Å². The molecular formula is C28H26ClNO5. The van der Waals surface area contributed by atoms with Crippen LogP contribution in [0.25, 0.3) is 5.76 Å². The third kappa shape index (κ3) is 4.49. The number of amides is 1. The molecule has 0 bridgehead atoms. The molecule has 1 unspecified atom stereocenters. The summed E-state index contributed by atoms with van der Waals surface area (Å²) in [6.45, 7) is 6.05. The van der Waals surface area contributed by atoms with Crippen LogP contribution in [-0.4, -0.2) is 30.5 Å². The number of nitrogens with zero attached hydrogens (tertiary/aromatic N) is 1. The number of rotatable bonds is 6. The third-order valence-electron chi connectivity index (χ3n) is 5.99. The van der Waals surface area contributed by atoms with E-state index in [1.165, 1.54) is 4.90 Å². The quantitative estimate of drug-likeness (QED) is 0.260. The number of benzene rings is 3. The Kier molecular flexibility index (Phi) is 6.85. The van der Waals surface area contributed by atoms with Gasteiger partial charge in [-0.15, -0.1) is 0 Å². The number of Topliss-reactive ketones (excluding diaryl/α,β-unsaturated/α-hetero) is 1. The summed E-state index contributed by atoms with van der Waals surface area (Å²) in [7, 11) is 1.56. The van der Waals surface area contributed by atoms with E-state index in [1.54, 1.807) is 49.6 Å². The van der Waals surface area contributed by atoms with Gasteiger partial charge in [0.25, 0.3) is 11.7 Å². The molecule has 0 aromatic heterocycles. The zero-order chi connectivity index (χ0) is 25.3. The monoisotopic (exact) mass is 491 g/mol. The molecule has 4 rings (SSSR count). The van der Waals surface area contributed by atoms with Crippen LogP contribution in [0, 0.1) is 13.8 Å². The molecule has 1 N–H and O–H groups in total. The van der Waals surface area contributed by atoms with Crippen LogP contribution in [0.1, 0.15) is 35.2 Å². The number of aryl methyl sites for hydroxylation is 2. The standard InChI is InChI=1S/C28H26ClNO5/c1-5-35-23-15-19(9-12-21(23)29)26(31)24-25(18-7-10-20(34-4)11-8-18)30(28(33)27(24)32)22-13-6-16(2)14-17(22)3/h6-15,25,31H,5H2,1-4H3/b26-24+. The molecule has 3 aromatic rings. The van der Waals surface area contributed by atoms with Crippen LogP contribution in [0.15, 0.2) is 66.2 Å². The van der Waals surface area contributed by atoms with E-state index < -0.39 is 17.7 Å². The van der Waals surface area contributed by atoms with E-state index >= 15 is 0 Å². The lowest BCUT2D eigenvalue weighted by Crippen LogP contribution is -2.30. The number of carbonyl (C=O) groups is 2. The van der Waals surface area contributed by atoms with Crippen LogP contribution in [0.4, 0.5) is 5.69 Å². The first kappa shape index (κ1) is 24.4. The van der Waals surface area contributed by atoms with Crippen molar-refractivity contribution in [3.8, 4) is 11.5 Å². The van der Waals surface area contributed by atoms with E-state index in [4.69, 9.17) is 21.1 Å². The van der Waals surface area contributed by atoms with Gasteiger partial charge in [0.15, 0.2) is 0 Å². The summed E-state index contributed by atoms with van der Waals surface area (Å²) >= 11 is 6.21. The molecule has 1 aliphatic heterocycles. The highest BCUT2D eigenvalue weighted by molar-refractivity contribution is 6.51. The number of anilines is 1. The second kappa shape index (κ2) is 9.84. The Balaban J connectivity index is 1.94. The van der Waals surface area contributed by atoms with Crippen molar-refractivity contribution in [2.24, 2.45) is 0 Å². The maximum absolute atomic E-state index is 13.4. The van der Waals surface area contributed by atoms with Crippen molar-refractivity contribution in [3.05, 3.63) is 93.5 Å². The van der Waals surface area contributed by atoms with Crippen molar-refractivity contribution in [2.45, 2.75) is 26.8 Å². The lowest BCUT2D eigenvalue weighted by molar-refractivity contribution is -0.132. The number of hydrogen-bond acceptors (Lipinski definition) is 5. The summed E-state index contributed by atoms with van der Waals surface area (Å²) in [5.74, 6) is -0.761. The van der Waals surface area contributed by atoms with E-state index in [-0.39, 0.29) is 11.3 Å². The molecule has 1 fully saturated rings. The second-order valence-corrected chi connectivity index (χ2v) is 8.72.